The summed E-state index contributed by atoms with van der Waals surface area (Å²) in [6.07, 6.45) is 0.778. The highest BCUT2D eigenvalue weighted by Gasteiger charge is 2.14. The third-order valence-corrected chi connectivity index (χ3v) is 3.41. The van der Waals surface area contributed by atoms with E-state index in [0.717, 1.165) is 25.1 Å². The van der Waals surface area contributed by atoms with Crippen molar-refractivity contribution in [2.24, 2.45) is 0 Å². The van der Waals surface area contributed by atoms with Crippen molar-refractivity contribution in [2.75, 3.05) is 32.5 Å². The number of hydrogen-bond donors (Lipinski definition) is 2. The van der Waals surface area contributed by atoms with Crippen molar-refractivity contribution in [3.8, 4) is 0 Å². The van der Waals surface area contributed by atoms with Crippen LogP contribution in [0, 0.1) is 11.6 Å². The summed E-state index contributed by atoms with van der Waals surface area (Å²) in [5.74, 6) is -2.02. The molecule has 0 aliphatic carbocycles. The summed E-state index contributed by atoms with van der Waals surface area (Å²) >= 11 is 0. The number of amides is 1. The Morgan fingerprint density at radius 1 is 1.29 bits per heavy atom. The molecule has 0 aliphatic rings. The molecule has 0 atom stereocenters. The fourth-order valence-electron chi connectivity index (χ4n) is 1.83. The quantitative estimate of drug-likeness (QED) is 0.760. The minimum atomic E-state index is -0.776. The summed E-state index contributed by atoms with van der Waals surface area (Å²) in [7, 11) is 3.43. The fourth-order valence-corrected chi connectivity index (χ4v) is 1.83. The maximum absolute atomic E-state index is 13.6. The molecule has 1 rings (SSSR count). The van der Waals surface area contributed by atoms with Gasteiger partial charge in [0.15, 0.2) is 0 Å². The number of rotatable bonds is 7. The monoisotopic (exact) mass is 299 g/mol. The smallest absolute Gasteiger partial charge is 0.251 e. The highest BCUT2D eigenvalue weighted by molar-refractivity contribution is 5.94. The van der Waals surface area contributed by atoms with Crippen molar-refractivity contribution in [1.82, 2.24) is 10.2 Å². The normalized spacial score (nSPS) is 11.0. The minimum absolute atomic E-state index is 0.0128. The van der Waals surface area contributed by atoms with Crippen molar-refractivity contribution >= 4 is 11.6 Å². The average molecular weight is 299 g/mol. The summed E-state index contributed by atoms with van der Waals surface area (Å²) < 4.78 is 27.1. The minimum Gasteiger partial charge on any atom is -0.383 e. The highest BCUT2D eigenvalue weighted by Crippen LogP contribution is 2.20. The molecule has 0 spiro atoms. The first-order valence-electron chi connectivity index (χ1n) is 7.02. The standard InChI is InChI=1S/C15H23F2N3O/c1-10(2)20(4)7-5-6-19-15(21)11-8-12(16)14(18-3)13(17)9-11/h8-10,18H,5-7H2,1-4H3,(H,19,21). The van der Waals surface area contributed by atoms with Crippen LogP contribution in [-0.4, -0.2) is 44.0 Å². The first-order chi connectivity index (χ1) is 9.86. The van der Waals surface area contributed by atoms with Gasteiger partial charge < -0.3 is 15.5 Å². The molecule has 0 bridgehead atoms. The Kier molecular flexibility index (Phi) is 6.55. The number of anilines is 1. The van der Waals surface area contributed by atoms with E-state index in [-0.39, 0.29) is 11.3 Å². The largest absolute Gasteiger partial charge is 0.383 e. The number of carbonyl (C=O) groups is 1. The molecule has 1 aromatic carbocycles. The number of nitrogens with zero attached hydrogens (tertiary/aromatic N) is 1. The van der Waals surface area contributed by atoms with Gasteiger partial charge in [0, 0.05) is 25.2 Å². The fraction of sp³-hybridized carbons (Fsp3) is 0.533. The van der Waals surface area contributed by atoms with Gasteiger partial charge in [0.05, 0.1) is 0 Å². The predicted molar refractivity (Wildman–Crippen MR) is 80.6 cm³/mol. The van der Waals surface area contributed by atoms with E-state index < -0.39 is 17.5 Å². The van der Waals surface area contributed by atoms with E-state index in [0.29, 0.717) is 12.6 Å². The van der Waals surface area contributed by atoms with Crippen molar-refractivity contribution in [3.05, 3.63) is 29.3 Å². The van der Waals surface area contributed by atoms with Crippen LogP contribution in [0.1, 0.15) is 30.6 Å². The molecule has 1 amide bonds. The molecular weight excluding hydrogens is 276 g/mol. The molecule has 118 valence electrons. The number of carbonyl (C=O) groups excluding carboxylic acids is 1. The summed E-state index contributed by atoms with van der Waals surface area (Å²) in [4.78, 5) is 14.0. The molecule has 6 heteroatoms. The lowest BCUT2D eigenvalue weighted by Crippen LogP contribution is -2.31. The second-order valence-corrected chi connectivity index (χ2v) is 5.25. The Labute approximate surface area is 124 Å². The van der Waals surface area contributed by atoms with E-state index in [1.807, 2.05) is 7.05 Å². The van der Waals surface area contributed by atoms with Gasteiger partial charge in [0.25, 0.3) is 5.91 Å². The maximum Gasteiger partial charge on any atom is 0.251 e. The molecule has 1 aromatic rings. The van der Waals surface area contributed by atoms with E-state index in [9.17, 15) is 13.6 Å². The van der Waals surface area contributed by atoms with E-state index in [2.05, 4.69) is 29.4 Å². The van der Waals surface area contributed by atoms with Crippen molar-refractivity contribution < 1.29 is 13.6 Å². The lowest BCUT2D eigenvalue weighted by Gasteiger charge is -2.20. The van der Waals surface area contributed by atoms with E-state index in [1.165, 1.54) is 7.05 Å². The number of nitrogens with one attached hydrogen (secondary N) is 2. The summed E-state index contributed by atoms with van der Waals surface area (Å²) in [5, 5.41) is 5.08. The zero-order valence-corrected chi connectivity index (χ0v) is 13.0. The van der Waals surface area contributed by atoms with Crippen LogP contribution < -0.4 is 10.6 Å². The van der Waals surface area contributed by atoms with Crippen LogP contribution in [0.25, 0.3) is 0 Å². The molecule has 0 saturated carbocycles. The number of benzene rings is 1. The lowest BCUT2D eigenvalue weighted by molar-refractivity contribution is 0.0950. The van der Waals surface area contributed by atoms with Gasteiger partial charge in [0.2, 0.25) is 0 Å². The molecule has 0 unspecified atom stereocenters. The van der Waals surface area contributed by atoms with Gasteiger partial charge in [-0.05, 0) is 46.0 Å². The summed E-state index contributed by atoms with van der Waals surface area (Å²) in [6.45, 7) is 5.49. The van der Waals surface area contributed by atoms with Crippen LogP contribution >= 0.6 is 0 Å². The Balaban J connectivity index is 2.53. The van der Waals surface area contributed by atoms with Crippen molar-refractivity contribution in [3.63, 3.8) is 0 Å². The van der Waals surface area contributed by atoms with Gasteiger partial charge in [-0.3, -0.25) is 4.79 Å². The topological polar surface area (TPSA) is 44.4 Å². The van der Waals surface area contributed by atoms with Crippen LogP contribution in [0.15, 0.2) is 12.1 Å². The lowest BCUT2D eigenvalue weighted by atomic mass is 10.1. The van der Waals surface area contributed by atoms with Crippen molar-refractivity contribution in [2.45, 2.75) is 26.3 Å². The zero-order valence-electron chi connectivity index (χ0n) is 13.0. The molecule has 2 N–H and O–H groups in total. The van der Waals surface area contributed by atoms with Gasteiger partial charge in [-0.2, -0.15) is 0 Å². The predicted octanol–water partition coefficient (Wildman–Crippen LogP) is 2.47. The van der Waals surface area contributed by atoms with Gasteiger partial charge in [0.1, 0.15) is 17.3 Å². The van der Waals surface area contributed by atoms with Gasteiger partial charge >= 0.3 is 0 Å². The number of halogens is 2. The van der Waals surface area contributed by atoms with Gasteiger partial charge in [-0.15, -0.1) is 0 Å². The van der Waals surface area contributed by atoms with Crippen molar-refractivity contribution in [1.29, 1.82) is 0 Å². The van der Waals surface area contributed by atoms with Crippen LogP contribution in [0.3, 0.4) is 0 Å². The highest BCUT2D eigenvalue weighted by atomic mass is 19.1. The maximum atomic E-state index is 13.6. The molecular formula is C15H23F2N3O. The zero-order chi connectivity index (χ0) is 16.0. The second kappa shape index (κ2) is 7.93. The van der Waals surface area contributed by atoms with E-state index in [4.69, 9.17) is 0 Å². The SMILES string of the molecule is CNc1c(F)cc(C(=O)NCCCN(C)C(C)C)cc1F. The Morgan fingerprint density at radius 2 is 1.86 bits per heavy atom. The third-order valence-electron chi connectivity index (χ3n) is 3.41. The molecule has 4 nitrogen and oxygen atoms in total. The van der Waals surface area contributed by atoms with Crippen LogP contribution in [0.4, 0.5) is 14.5 Å². The molecule has 0 saturated heterocycles. The summed E-state index contributed by atoms with van der Waals surface area (Å²) in [6, 6.07) is 2.51. The van der Waals surface area contributed by atoms with E-state index >= 15 is 0 Å². The molecule has 0 aromatic heterocycles. The van der Waals surface area contributed by atoms with E-state index in [1.54, 1.807) is 0 Å². The third kappa shape index (κ3) is 4.97. The second-order valence-electron chi connectivity index (χ2n) is 5.25. The van der Waals surface area contributed by atoms with Crippen LogP contribution in [0.5, 0.6) is 0 Å². The molecule has 0 heterocycles. The Morgan fingerprint density at radius 3 is 2.33 bits per heavy atom. The number of hydrogen-bond acceptors (Lipinski definition) is 3. The van der Waals surface area contributed by atoms with Gasteiger partial charge in [-0.25, -0.2) is 8.78 Å². The molecule has 0 fully saturated rings. The average Bonchev–Trinajstić information content (AvgIpc) is 2.42. The molecule has 0 radical (unpaired) electrons. The summed E-state index contributed by atoms with van der Waals surface area (Å²) in [5.41, 5.74) is -0.244. The first kappa shape index (κ1) is 17.4. The Hall–Kier alpha value is -1.69. The first-order valence-corrected chi connectivity index (χ1v) is 7.02. The van der Waals surface area contributed by atoms with Crippen LogP contribution in [-0.2, 0) is 0 Å². The van der Waals surface area contributed by atoms with Gasteiger partial charge in [-0.1, -0.05) is 0 Å². The molecule has 0 aliphatic heterocycles. The molecule has 21 heavy (non-hydrogen) atoms. The Bertz CT molecular complexity index is 469. The van der Waals surface area contributed by atoms with Crippen LogP contribution in [0.2, 0.25) is 0 Å².